The SMILES string of the molecule is CC(C)(C)S(=O)(=O)NC(=O)c1ccc(N2CCN(Cc3cc(-c4cccc(O)c4)cc(C(F)(F)F)c3)CC2)nn1. The van der Waals surface area contributed by atoms with Crippen molar-refractivity contribution >= 4 is 21.7 Å². The molecule has 2 aromatic carbocycles. The minimum Gasteiger partial charge on any atom is -0.508 e. The van der Waals surface area contributed by atoms with E-state index in [1.165, 1.54) is 39.0 Å². The van der Waals surface area contributed by atoms with E-state index in [0.717, 1.165) is 12.1 Å². The largest absolute Gasteiger partial charge is 0.508 e. The minimum atomic E-state index is -4.51. The molecule has 1 aliphatic rings. The zero-order chi connectivity index (χ0) is 29.3. The number of anilines is 1. The number of carbonyl (C=O) groups excluding carboxylic acids is 1. The molecule has 0 radical (unpaired) electrons. The Hall–Kier alpha value is -3.71. The summed E-state index contributed by atoms with van der Waals surface area (Å²) >= 11 is 0. The third-order valence-electron chi connectivity index (χ3n) is 6.52. The number of nitrogens with one attached hydrogen (secondary N) is 1. The Morgan fingerprint density at radius 2 is 1.65 bits per heavy atom. The van der Waals surface area contributed by atoms with Gasteiger partial charge in [0.1, 0.15) is 5.75 Å². The average molecular weight is 578 g/mol. The predicted molar refractivity (Wildman–Crippen MR) is 144 cm³/mol. The summed E-state index contributed by atoms with van der Waals surface area (Å²) < 4.78 is 66.2. The molecule has 3 aromatic rings. The first-order chi connectivity index (χ1) is 18.6. The highest BCUT2D eigenvalue weighted by Crippen LogP contribution is 2.34. The predicted octanol–water partition coefficient (Wildman–Crippen LogP) is 4.05. The number of piperazine rings is 1. The monoisotopic (exact) mass is 577 g/mol. The van der Waals surface area contributed by atoms with Gasteiger partial charge in [-0.05, 0) is 79.9 Å². The van der Waals surface area contributed by atoms with Crippen molar-refractivity contribution in [1.82, 2.24) is 19.8 Å². The lowest BCUT2D eigenvalue weighted by molar-refractivity contribution is -0.137. The van der Waals surface area contributed by atoms with Crippen LogP contribution in [0.4, 0.5) is 19.0 Å². The van der Waals surface area contributed by atoms with Crippen LogP contribution in [0.25, 0.3) is 11.1 Å². The molecule has 4 rings (SSSR count). The maximum atomic E-state index is 13.6. The van der Waals surface area contributed by atoms with E-state index in [0.29, 0.717) is 55.2 Å². The third-order valence-corrected chi connectivity index (χ3v) is 8.58. The minimum absolute atomic E-state index is 0.0284. The lowest BCUT2D eigenvalue weighted by Crippen LogP contribution is -2.46. The number of sulfonamides is 1. The number of carbonyl (C=O) groups is 1. The molecule has 2 heterocycles. The van der Waals surface area contributed by atoms with Gasteiger partial charge in [-0.25, -0.2) is 13.1 Å². The maximum Gasteiger partial charge on any atom is 0.416 e. The van der Waals surface area contributed by atoms with E-state index in [1.807, 2.05) is 14.5 Å². The number of amides is 1. The fourth-order valence-electron chi connectivity index (χ4n) is 4.13. The molecule has 0 atom stereocenters. The number of aromatic nitrogens is 2. The van der Waals surface area contributed by atoms with Gasteiger partial charge in [-0.1, -0.05) is 12.1 Å². The number of aromatic hydroxyl groups is 1. The van der Waals surface area contributed by atoms with Crippen molar-refractivity contribution in [3.8, 4) is 16.9 Å². The Kier molecular flexibility index (Phi) is 8.08. The molecule has 1 saturated heterocycles. The molecule has 214 valence electrons. The van der Waals surface area contributed by atoms with Crippen molar-refractivity contribution in [2.75, 3.05) is 31.1 Å². The summed E-state index contributed by atoms with van der Waals surface area (Å²) in [5.74, 6) is -0.399. The zero-order valence-electron chi connectivity index (χ0n) is 22.2. The first-order valence-electron chi connectivity index (χ1n) is 12.5. The van der Waals surface area contributed by atoms with Crippen LogP contribution >= 0.6 is 0 Å². The molecule has 1 aliphatic heterocycles. The van der Waals surface area contributed by atoms with Crippen LogP contribution in [0.15, 0.2) is 54.6 Å². The van der Waals surface area contributed by atoms with E-state index in [9.17, 15) is 31.5 Å². The molecule has 0 spiro atoms. The fraction of sp³-hybridized carbons (Fsp3) is 0.370. The summed E-state index contributed by atoms with van der Waals surface area (Å²) in [6.07, 6.45) is -4.51. The maximum absolute atomic E-state index is 13.6. The van der Waals surface area contributed by atoms with E-state index in [2.05, 4.69) is 10.2 Å². The summed E-state index contributed by atoms with van der Waals surface area (Å²) in [6.45, 7) is 6.86. The van der Waals surface area contributed by atoms with Gasteiger partial charge >= 0.3 is 6.18 Å². The topological polar surface area (TPSA) is 116 Å². The summed E-state index contributed by atoms with van der Waals surface area (Å²) in [7, 11) is -3.90. The van der Waals surface area contributed by atoms with Crippen LogP contribution in [0.3, 0.4) is 0 Å². The molecular weight excluding hydrogens is 547 g/mol. The van der Waals surface area contributed by atoms with Gasteiger partial charge in [0, 0.05) is 32.7 Å². The molecule has 13 heteroatoms. The van der Waals surface area contributed by atoms with Crippen LogP contribution in [0.2, 0.25) is 0 Å². The van der Waals surface area contributed by atoms with E-state index in [1.54, 1.807) is 24.3 Å². The van der Waals surface area contributed by atoms with E-state index >= 15 is 0 Å². The smallest absolute Gasteiger partial charge is 0.416 e. The Bertz CT molecular complexity index is 1480. The van der Waals surface area contributed by atoms with Crippen molar-refractivity contribution in [2.24, 2.45) is 0 Å². The molecule has 9 nitrogen and oxygen atoms in total. The lowest BCUT2D eigenvalue weighted by Gasteiger charge is -2.35. The molecule has 0 unspecified atom stereocenters. The molecule has 2 N–H and O–H groups in total. The second-order valence-corrected chi connectivity index (χ2v) is 13.0. The van der Waals surface area contributed by atoms with Crippen LogP contribution in [-0.2, 0) is 22.7 Å². The van der Waals surface area contributed by atoms with Gasteiger partial charge in [0.15, 0.2) is 11.5 Å². The Morgan fingerprint density at radius 3 is 2.23 bits per heavy atom. The van der Waals surface area contributed by atoms with Crippen LogP contribution in [0.5, 0.6) is 5.75 Å². The molecular formula is C27H30F3N5O4S. The molecule has 1 amide bonds. The number of halogens is 3. The average Bonchev–Trinajstić information content (AvgIpc) is 2.88. The second-order valence-electron chi connectivity index (χ2n) is 10.6. The van der Waals surface area contributed by atoms with Gasteiger partial charge in [0.2, 0.25) is 10.0 Å². The lowest BCUT2D eigenvalue weighted by atomic mass is 9.99. The quantitative estimate of drug-likeness (QED) is 0.451. The van der Waals surface area contributed by atoms with Crippen molar-refractivity contribution < 1.29 is 31.5 Å². The standard InChI is InChI=1S/C27H30F3N5O4S/c1-26(2,3)40(38,39)33-25(37)23-7-8-24(32-31-23)35-11-9-34(10-12-35)17-18-13-20(15-21(14-18)27(28,29)30)19-5-4-6-22(36)16-19/h4-8,13-16,36H,9-12,17H2,1-3H3,(H,33,37). The van der Waals surface area contributed by atoms with Gasteiger partial charge in [-0.2, -0.15) is 13.2 Å². The number of benzene rings is 2. The van der Waals surface area contributed by atoms with Gasteiger partial charge in [-0.15, -0.1) is 10.2 Å². The number of rotatable bonds is 6. The number of nitrogens with zero attached hydrogens (tertiary/aromatic N) is 4. The number of phenolic OH excluding ortho intramolecular Hbond substituents is 1. The molecule has 40 heavy (non-hydrogen) atoms. The highest BCUT2D eigenvalue weighted by Gasteiger charge is 2.32. The van der Waals surface area contributed by atoms with Gasteiger partial charge in [-0.3, -0.25) is 9.69 Å². The molecule has 0 aliphatic carbocycles. The highest BCUT2D eigenvalue weighted by molar-refractivity contribution is 7.91. The zero-order valence-corrected chi connectivity index (χ0v) is 23.1. The second kappa shape index (κ2) is 11.0. The van der Waals surface area contributed by atoms with E-state index < -0.39 is 32.4 Å². The fourth-order valence-corrected chi connectivity index (χ4v) is 4.79. The van der Waals surface area contributed by atoms with Crippen molar-refractivity contribution in [2.45, 2.75) is 38.2 Å². The van der Waals surface area contributed by atoms with Crippen LogP contribution < -0.4 is 9.62 Å². The molecule has 0 saturated carbocycles. The normalized spacial score (nSPS) is 15.2. The number of hydrogen-bond acceptors (Lipinski definition) is 8. The van der Waals surface area contributed by atoms with Gasteiger partial charge < -0.3 is 10.0 Å². The van der Waals surface area contributed by atoms with Crippen molar-refractivity contribution in [3.63, 3.8) is 0 Å². The van der Waals surface area contributed by atoms with Crippen molar-refractivity contribution in [1.29, 1.82) is 0 Å². The number of alkyl halides is 3. The first kappa shape index (κ1) is 29.3. The molecule has 1 fully saturated rings. The Labute approximate surface area is 230 Å². The van der Waals surface area contributed by atoms with Crippen molar-refractivity contribution in [3.05, 3.63) is 71.4 Å². The van der Waals surface area contributed by atoms with Crippen LogP contribution in [0.1, 0.15) is 42.4 Å². The Morgan fingerprint density at radius 1 is 0.950 bits per heavy atom. The molecule has 1 aromatic heterocycles. The number of phenols is 1. The third kappa shape index (κ3) is 6.89. The van der Waals surface area contributed by atoms with E-state index in [-0.39, 0.29) is 11.4 Å². The Balaban J connectivity index is 1.41. The summed E-state index contributed by atoms with van der Waals surface area (Å²) in [4.78, 5) is 16.3. The van der Waals surface area contributed by atoms with Crippen LogP contribution in [0, 0.1) is 0 Å². The van der Waals surface area contributed by atoms with Crippen LogP contribution in [-0.4, -0.2) is 65.5 Å². The first-order valence-corrected chi connectivity index (χ1v) is 14.0. The summed E-state index contributed by atoms with van der Waals surface area (Å²) in [6, 6.07) is 13.0. The van der Waals surface area contributed by atoms with Gasteiger partial charge in [0.05, 0.1) is 10.3 Å². The van der Waals surface area contributed by atoms with Gasteiger partial charge in [0.25, 0.3) is 5.91 Å². The summed E-state index contributed by atoms with van der Waals surface area (Å²) in [5, 5.41) is 17.7. The molecule has 0 bridgehead atoms. The van der Waals surface area contributed by atoms with E-state index in [4.69, 9.17) is 0 Å². The summed E-state index contributed by atoms with van der Waals surface area (Å²) in [5.41, 5.74) is 0.471. The number of hydrogen-bond donors (Lipinski definition) is 2. The highest BCUT2D eigenvalue weighted by atomic mass is 32.2.